The molecule has 18 nitrogen and oxygen atoms in total. The molecule has 77 heavy (non-hydrogen) atoms. The molecular formula is C59H74N8O10. The van der Waals surface area contributed by atoms with Crippen LogP contribution in [0.25, 0.3) is 17.1 Å². The van der Waals surface area contributed by atoms with E-state index < -0.39 is 6.16 Å². The Balaban J connectivity index is 0.000000243. The molecule has 18 heteroatoms. The van der Waals surface area contributed by atoms with Gasteiger partial charge in [0.2, 0.25) is 0 Å². The Hall–Kier alpha value is -8.25. The number of anilines is 2. The van der Waals surface area contributed by atoms with Gasteiger partial charge in [0, 0.05) is 77.1 Å². The second-order valence-electron chi connectivity index (χ2n) is 17.1. The number of aryl methyl sites for hydroxylation is 5. The molecule has 0 fully saturated rings. The quantitative estimate of drug-likeness (QED) is 0.0499. The lowest BCUT2D eigenvalue weighted by Gasteiger charge is -2.15. The van der Waals surface area contributed by atoms with Crippen molar-refractivity contribution in [2.24, 2.45) is 0 Å². The van der Waals surface area contributed by atoms with Crippen molar-refractivity contribution in [1.82, 2.24) is 29.9 Å². The summed E-state index contributed by atoms with van der Waals surface area (Å²) in [6.45, 7) is 13.8. The zero-order chi connectivity index (χ0) is 56.2. The van der Waals surface area contributed by atoms with Crippen molar-refractivity contribution in [1.29, 1.82) is 0 Å². The molecule has 6 aromatic rings. The fraction of sp³-hybridized carbons (Fsp3) is 0.373. The number of nitrogens with two attached hydrogens (primary N) is 1. The molecule has 0 aromatic carbocycles. The smallest absolute Gasteiger partial charge is 0.466 e. The fourth-order valence-electron chi connectivity index (χ4n) is 7.23. The van der Waals surface area contributed by atoms with E-state index in [4.69, 9.17) is 20.3 Å². The van der Waals surface area contributed by atoms with Gasteiger partial charge in [-0.2, -0.15) is 0 Å². The number of nitrogens with zero attached hydrogens (tertiary/aromatic N) is 6. The first kappa shape index (κ1) is 63.0. The SMILES string of the molecule is CC(C)=O.CCOC(=O)C=C1C=Cc2cccnc2N1.CCOC(=O)Cc1ccc2c(n1)CCCC2.CCOC(=O)OCC.Cc1ccc2cccnc2n1.Nc1ncccc1C=O.OCCc1ccc2c(n1)CCCC2. The third kappa shape index (κ3) is 25.2. The lowest BCUT2D eigenvalue weighted by atomic mass is 9.96. The normalized spacial score (nSPS) is 12.5. The third-order valence-electron chi connectivity index (χ3n) is 10.7. The van der Waals surface area contributed by atoms with Gasteiger partial charge in [-0.05, 0) is 184 Å². The van der Waals surface area contributed by atoms with Gasteiger partial charge < -0.3 is 39.9 Å². The van der Waals surface area contributed by atoms with Crippen LogP contribution in [0.2, 0.25) is 0 Å². The third-order valence-corrected chi connectivity index (χ3v) is 10.7. The molecule has 0 bridgehead atoms. The number of ether oxygens (including phenoxy) is 4. The number of ketones is 1. The van der Waals surface area contributed by atoms with Crippen molar-refractivity contribution >= 4 is 58.9 Å². The van der Waals surface area contributed by atoms with Crippen LogP contribution in [-0.2, 0) is 71.9 Å². The number of aldehydes is 1. The Morgan fingerprint density at radius 2 is 1.23 bits per heavy atom. The summed E-state index contributed by atoms with van der Waals surface area (Å²) < 4.78 is 18.6. The van der Waals surface area contributed by atoms with Gasteiger partial charge in [0.25, 0.3) is 0 Å². The average molecular weight is 1060 g/mol. The average Bonchev–Trinajstić information content (AvgIpc) is 3.42. The molecule has 1 aliphatic heterocycles. The predicted molar refractivity (Wildman–Crippen MR) is 298 cm³/mol. The van der Waals surface area contributed by atoms with E-state index in [1.807, 2.05) is 74.5 Å². The molecule has 7 heterocycles. The topological polar surface area (TPSA) is 258 Å². The maximum Gasteiger partial charge on any atom is 0.508 e. The summed E-state index contributed by atoms with van der Waals surface area (Å²) in [5.41, 5.74) is 16.3. The standard InChI is InChI=1S/C13H17NO2.C12H12N2O2.C11H15NO.C9H8N2.C6H6N2O.C5H10O3.C3H6O/c1-2-16-13(15)9-11-8-7-10-5-3-4-6-12(10)14-11;1-2-16-11(15)8-10-6-5-9-4-3-7-13-12(9)14-10;13-8-7-10-6-5-9-3-1-2-4-11(9)12-10;1-7-4-5-8-3-2-6-10-9(8)11-7;7-6-5(4-9)2-1-3-8-6;1-3-7-5(6)8-4-2;1-3(2)4/h7-8H,2-6,9H2,1H3;3-8H,2H2,1H3,(H,13,14);5-6,13H,1-4,7-8H2;2-6H,1H3;1-4H,(H2,7,8);3-4H2,1-2H3;1-2H3. The van der Waals surface area contributed by atoms with E-state index in [0.29, 0.717) is 56.8 Å². The number of carbonyl (C=O) groups excluding carboxylic acids is 5. The maximum atomic E-state index is 11.3. The summed E-state index contributed by atoms with van der Waals surface area (Å²) in [7, 11) is 0. The Morgan fingerprint density at radius 1 is 0.662 bits per heavy atom. The molecule has 410 valence electrons. The van der Waals surface area contributed by atoms with Gasteiger partial charge in [0.05, 0.1) is 44.1 Å². The van der Waals surface area contributed by atoms with Crippen molar-refractivity contribution in [3.63, 3.8) is 0 Å². The van der Waals surface area contributed by atoms with Crippen LogP contribution >= 0.6 is 0 Å². The molecule has 9 rings (SSSR count). The summed E-state index contributed by atoms with van der Waals surface area (Å²) >= 11 is 0. The number of aliphatic hydroxyl groups excluding tert-OH is 1. The number of fused-ring (bicyclic) bond motifs is 4. The maximum absolute atomic E-state index is 11.3. The van der Waals surface area contributed by atoms with E-state index in [1.165, 1.54) is 74.5 Å². The Kier molecular flexibility index (Phi) is 30.0. The Morgan fingerprint density at radius 3 is 1.83 bits per heavy atom. The number of allylic oxidation sites excluding steroid dienone is 1. The van der Waals surface area contributed by atoms with Crippen molar-refractivity contribution in [2.75, 3.05) is 44.1 Å². The molecule has 2 aliphatic carbocycles. The molecule has 0 saturated heterocycles. The minimum Gasteiger partial charge on any atom is -0.466 e. The fourth-order valence-corrected chi connectivity index (χ4v) is 7.23. The van der Waals surface area contributed by atoms with E-state index in [1.54, 1.807) is 51.5 Å². The van der Waals surface area contributed by atoms with Gasteiger partial charge >= 0.3 is 18.1 Å². The summed E-state index contributed by atoms with van der Waals surface area (Å²) in [5.74, 6) is 0.660. The van der Waals surface area contributed by atoms with Crippen LogP contribution in [0.3, 0.4) is 0 Å². The number of pyridine rings is 6. The number of hydrogen-bond donors (Lipinski definition) is 3. The van der Waals surface area contributed by atoms with Crippen molar-refractivity contribution in [2.45, 2.75) is 113 Å². The first-order valence-corrected chi connectivity index (χ1v) is 25.8. The second-order valence-corrected chi connectivity index (χ2v) is 17.1. The van der Waals surface area contributed by atoms with Crippen LogP contribution in [0.15, 0.2) is 109 Å². The molecule has 0 atom stereocenters. The number of Topliss-reactive ketones (excluding diaryl/α,β-unsaturated/α-hetero) is 1. The van der Waals surface area contributed by atoms with E-state index in [-0.39, 0.29) is 30.1 Å². The number of aromatic nitrogens is 6. The number of esters is 2. The molecular weight excluding hydrogens is 981 g/mol. The highest BCUT2D eigenvalue weighted by molar-refractivity contribution is 5.86. The molecule has 3 aliphatic rings. The predicted octanol–water partition coefficient (Wildman–Crippen LogP) is 9.72. The first-order valence-electron chi connectivity index (χ1n) is 25.8. The number of rotatable bonds is 10. The zero-order valence-corrected chi connectivity index (χ0v) is 45.5. The number of nitrogens with one attached hydrogen (secondary N) is 1. The molecule has 0 saturated carbocycles. The lowest BCUT2D eigenvalue weighted by molar-refractivity contribution is -0.142. The Bertz CT molecular complexity index is 2840. The highest BCUT2D eigenvalue weighted by Crippen LogP contribution is 2.22. The van der Waals surface area contributed by atoms with Crippen LogP contribution in [0, 0.1) is 6.92 Å². The first-order chi connectivity index (χ1) is 37.2. The van der Waals surface area contributed by atoms with Crippen LogP contribution < -0.4 is 11.1 Å². The Labute approximate surface area is 452 Å². The number of nitrogen functional groups attached to an aromatic ring is 1. The van der Waals surface area contributed by atoms with Crippen LogP contribution in [0.1, 0.15) is 123 Å². The van der Waals surface area contributed by atoms with Crippen LogP contribution in [0.4, 0.5) is 16.4 Å². The van der Waals surface area contributed by atoms with Crippen LogP contribution in [-0.4, -0.2) is 98.2 Å². The zero-order valence-electron chi connectivity index (χ0n) is 45.5. The summed E-state index contributed by atoms with van der Waals surface area (Å²) in [5, 5.41) is 12.9. The van der Waals surface area contributed by atoms with E-state index >= 15 is 0 Å². The molecule has 0 amide bonds. The van der Waals surface area contributed by atoms with Gasteiger partial charge in [0.1, 0.15) is 17.4 Å². The molecule has 4 N–H and O–H groups in total. The minimum atomic E-state index is -0.588. The van der Waals surface area contributed by atoms with Gasteiger partial charge in [-0.1, -0.05) is 12.1 Å². The van der Waals surface area contributed by atoms with Crippen LogP contribution in [0.5, 0.6) is 0 Å². The molecule has 0 spiro atoms. The molecule has 0 unspecified atom stereocenters. The second kappa shape index (κ2) is 36.7. The lowest BCUT2D eigenvalue weighted by Crippen LogP contribution is -2.12. The summed E-state index contributed by atoms with van der Waals surface area (Å²) in [6.07, 6.45) is 20.7. The highest BCUT2D eigenvalue weighted by atomic mass is 16.7. The number of aliphatic hydroxyl groups is 1. The van der Waals surface area contributed by atoms with Gasteiger partial charge in [-0.25, -0.2) is 29.5 Å². The van der Waals surface area contributed by atoms with Crippen molar-refractivity contribution in [3.8, 4) is 0 Å². The largest absolute Gasteiger partial charge is 0.508 e. The summed E-state index contributed by atoms with van der Waals surface area (Å²) in [4.78, 5) is 77.6. The van der Waals surface area contributed by atoms with Gasteiger partial charge in [-0.15, -0.1) is 0 Å². The summed E-state index contributed by atoms with van der Waals surface area (Å²) in [6, 6.07) is 23.3. The number of carbonyl (C=O) groups is 5. The minimum absolute atomic E-state index is 0.167. The van der Waals surface area contributed by atoms with E-state index in [9.17, 15) is 24.0 Å². The van der Waals surface area contributed by atoms with Crippen molar-refractivity contribution < 1.29 is 48.0 Å². The van der Waals surface area contributed by atoms with E-state index in [2.05, 4.69) is 56.8 Å². The highest BCUT2D eigenvalue weighted by Gasteiger charge is 2.14. The van der Waals surface area contributed by atoms with Gasteiger partial charge in [-0.3, -0.25) is 19.6 Å². The van der Waals surface area contributed by atoms with E-state index in [0.717, 1.165) is 58.8 Å². The monoisotopic (exact) mass is 1050 g/mol. The molecule has 6 aromatic heterocycles. The van der Waals surface area contributed by atoms with Gasteiger partial charge in [0.15, 0.2) is 11.9 Å². The number of hydrogen-bond acceptors (Lipinski definition) is 18. The van der Waals surface area contributed by atoms with Crippen molar-refractivity contribution in [3.05, 3.63) is 160 Å². The molecule has 0 radical (unpaired) electrons.